The molecule has 0 heterocycles. The van der Waals surface area contributed by atoms with Crippen LogP contribution in [0, 0.1) is 5.92 Å². The van der Waals surface area contributed by atoms with Gasteiger partial charge in [-0.1, -0.05) is 54.4 Å². The Labute approximate surface area is 200 Å². The van der Waals surface area contributed by atoms with E-state index in [1.165, 1.54) is 24.3 Å². The molecule has 1 atom stereocenters. The zero-order valence-electron chi connectivity index (χ0n) is 21.6. The number of hydrogen-bond donors (Lipinski definition) is 3. The molecule has 0 bridgehead atoms. The molecule has 0 aromatic heterocycles. The van der Waals surface area contributed by atoms with Gasteiger partial charge in [0.1, 0.15) is 6.61 Å². The summed E-state index contributed by atoms with van der Waals surface area (Å²) in [5.41, 5.74) is 0.278. The lowest BCUT2D eigenvalue weighted by molar-refractivity contribution is -0.0545. The number of aliphatic hydroxyl groups excluding tert-OH is 2. The summed E-state index contributed by atoms with van der Waals surface area (Å²) < 4.78 is 10.8. The summed E-state index contributed by atoms with van der Waals surface area (Å²) in [4.78, 5) is 22.5. The highest BCUT2D eigenvalue weighted by Crippen LogP contribution is 2.19. The molecule has 3 N–H and O–H groups in total. The molecule has 1 aromatic rings. The molecule has 7 nitrogen and oxygen atoms in total. The van der Waals surface area contributed by atoms with Crippen molar-refractivity contribution in [3.8, 4) is 0 Å². The maximum atomic E-state index is 11.8. The Morgan fingerprint density at radius 2 is 1.42 bits per heavy atom. The molecule has 1 unspecified atom stereocenters. The van der Waals surface area contributed by atoms with Gasteiger partial charge < -0.3 is 24.8 Å². The van der Waals surface area contributed by atoms with E-state index in [9.17, 15) is 9.59 Å². The number of carbonyl (C=O) groups is 2. The first-order valence-corrected chi connectivity index (χ1v) is 12.1. The van der Waals surface area contributed by atoms with E-state index in [1.54, 1.807) is 0 Å². The fraction of sp³-hybridized carbons (Fsp3) is 0.692. The van der Waals surface area contributed by atoms with Crippen molar-refractivity contribution in [1.82, 2.24) is 0 Å². The lowest BCUT2D eigenvalue weighted by atomic mass is 9.96. The Balaban J connectivity index is 0. The molecule has 0 aliphatic carbocycles. The number of ether oxygens (including phenoxy) is 2. The maximum Gasteiger partial charge on any atom is 0.338 e. The van der Waals surface area contributed by atoms with Gasteiger partial charge in [-0.3, -0.25) is 0 Å². The molecule has 0 saturated carbocycles. The molecule has 1 aromatic carbocycles. The first-order chi connectivity index (χ1) is 15.7. The van der Waals surface area contributed by atoms with Gasteiger partial charge in [-0.2, -0.15) is 0 Å². The second-order valence-electron chi connectivity index (χ2n) is 7.78. The van der Waals surface area contributed by atoms with Crippen molar-refractivity contribution in [3.63, 3.8) is 0 Å². The molecule has 0 aliphatic heterocycles. The minimum absolute atomic E-state index is 0.101. The lowest BCUT2D eigenvalue weighted by Gasteiger charge is -2.27. The third-order valence-electron chi connectivity index (χ3n) is 5.60. The number of carboxylic acids is 1. The average molecular weight is 471 g/mol. The molecule has 0 fully saturated rings. The van der Waals surface area contributed by atoms with Gasteiger partial charge in [0.2, 0.25) is 0 Å². The minimum Gasteiger partial charge on any atom is -0.478 e. The van der Waals surface area contributed by atoms with Crippen LogP contribution in [0.3, 0.4) is 0 Å². The van der Waals surface area contributed by atoms with Crippen LogP contribution in [0.25, 0.3) is 0 Å². The summed E-state index contributed by atoms with van der Waals surface area (Å²) in [6, 6.07) is 5.63. The molecule has 0 aliphatic rings. The predicted molar refractivity (Wildman–Crippen MR) is 132 cm³/mol. The van der Waals surface area contributed by atoms with Gasteiger partial charge in [0, 0.05) is 0 Å². The molecular formula is C26H46O7. The van der Waals surface area contributed by atoms with Gasteiger partial charge in [-0.25, -0.2) is 9.59 Å². The van der Waals surface area contributed by atoms with Crippen molar-refractivity contribution in [2.75, 3.05) is 19.8 Å². The summed E-state index contributed by atoms with van der Waals surface area (Å²) in [6.07, 6.45) is 4.21. The minimum atomic E-state index is -1.03. The van der Waals surface area contributed by atoms with Gasteiger partial charge in [0.25, 0.3) is 0 Å². The number of aliphatic hydroxyl groups is 2. The van der Waals surface area contributed by atoms with Crippen molar-refractivity contribution in [2.45, 2.75) is 92.3 Å². The highest BCUT2D eigenvalue weighted by Gasteiger charge is 2.20. The zero-order valence-corrected chi connectivity index (χ0v) is 21.6. The Morgan fingerprint density at radius 1 is 0.939 bits per heavy atom. The number of carboxylic acid groups (broad SMARTS) is 1. The molecule has 0 spiro atoms. The molecular weight excluding hydrogens is 424 g/mol. The average Bonchev–Trinajstić information content (AvgIpc) is 2.86. The summed E-state index contributed by atoms with van der Waals surface area (Å²) in [7, 11) is 0. The van der Waals surface area contributed by atoms with E-state index in [1.807, 2.05) is 20.8 Å². The highest BCUT2D eigenvalue weighted by molar-refractivity contribution is 5.92. The van der Waals surface area contributed by atoms with Crippen molar-refractivity contribution in [3.05, 3.63) is 35.4 Å². The third kappa shape index (κ3) is 14.7. The van der Waals surface area contributed by atoms with E-state index < -0.39 is 18.0 Å². The van der Waals surface area contributed by atoms with Gasteiger partial charge >= 0.3 is 11.9 Å². The Hall–Kier alpha value is -1.96. The van der Waals surface area contributed by atoms with Gasteiger partial charge in [0.15, 0.2) is 0 Å². The third-order valence-corrected chi connectivity index (χ3v) is 5.60. The quantitative estimate of drug-likeness (QED) is 0.264. The fourth-order valence-corrected chi connectivity index (χ4v) is 2.79. The number of hydrogen-bond acceptors (Lipinski definition) is 6. The van der Waals surface area contributed by atoms with Crippen LogP contribution in [0.5, 0.6) is 0 Å². The van der Waals surface area contributed by atoms with E-state index in [4.69, 9.17) is 24.8 Å². The molecule has 33 heavy (non-hydrogen) atoms. The van der Waals surface area contributed by atoms with Crippen LogP contribution in [-0.4, -0.2) is 58.8 Å². The Morgan fingerprint density at radius 3 is 1.82 bits per heavy atom. The number of aromatic carboxylic acids is 1. The topological polar surface area (TPSA) is 113 Å². The monoisotopic (exact) mass is 470 g/mol. The molecule has 1 rings (SSSR count). The predicted octanol–water partition coefficient (Wildman–Crippen LogP) is 5.33. The van der Waals surface area contributed by atoms with Crippen molar-refractivity contribution >= 4 is 11.9 Å². The molecule has 0 radical (unpaired) electrons. The van der Waals surface area contributed by atoms with Gasteiger partial charge in [-0.15, -0.1) is 0 Å². The number of esters is 1. The van der Waals surface area contributed by atoms with Crippen LogP contribution >= 0.6 is 0 Å². The van der Waals surface area contributed by atoms with E-state index in [0.717, 1.165) is 32.1 Å². The van der Waals surface area contributed by atoms with E-state index in [0.29, 0.717) is 18.1 Å². The standard InChI is InChI=1S/C16H22O5.C8H18O2.C2H6/c1-4-16(3,5-2)21-11-10-20-15(19)13-8-6-12(7-9-13)14(17)18;1-3-7(4-2)5-8(10)6-9;1-2/h6-9H,4-5,10-11H2,1-3H3,(H,17,18);7-10H,3-6H2,1-2H3;1-2H3. The SMILES string of the molecule is CC.CCC(C)(CC)OCCOC(=O)c1ccc(C(=O)O)cc1.CCC(CC)CC(O)CO. The van der Waals surface area contributed by atoms with Gasteiger partial charge in [-0.05, 0) is 56.4 Å². The molecule has 192 valence electrons. The maximum absolute atomic E-state index is 11.8. The summed E-state index contributed by atoms with van der Waals surface area (Å²) in [6.45, 7) is 14.8. The molecule has 7 heteroatoms. The normalized spacial score (nSPS) is 11.6. The molecule has 0 saturated heterocycles. The van der Waals surface area contributed by atoms with Crippen LogP contribution < -0.4 is 0 Å². The second kappa shape index (κ2) is 19.5. The summed E-state index contributed by atoms with van der Waals surface area (Å²) in [5, 5.41) is 26.3. The Kier molecular flexibility index (Phi) is 19.6. The van der Waals surface area contributed by atoms with Crippen molar-refractivity contribution in [2.24, 2.45) is 5.92 Å². The number of benzene rings is 1. The van der Waals surface area contributed by atoms with E-state index in [2.05, 4.69) is 27.7 Å². The first kappa shape index (κ1) is 33.2. The van der Waals surface area contributed by atoms with Crippen LogP contribution in [0.2, 0.25) is 0 Å². The van der Waals surface area contributed by atoms with Crippen molar-refractivity contribution < 1.29 is 34.4 Å². The van der Waals surface area contributed by atoms with E-state index in [-0.39, 0.29) is 24.4 Å². The summed E-state index contributed by atoms with van der Waals surface area (Å²) >= 11 is 0. The summed E-state index contributed by atoms with van der Waals surface area (Å²) in [5.74, 6) is -0.936. The lowest BCUT2D eigenvalue weighted by Crippen LogP contribution is -2.28. The number of carbonyl (C=O) groups excluding carboxylic acids is 1. The number of rotatable bonds is 13. The fourth-order valence-electron chi connectivity index (χ4n) is 2.79. The van der Waals surface area contributed by atoms with Crippen LogP contribution in [0.1, 0.15) is 101 Å². The first-order valence-electron chi connectivity index (χ1n) is 12.1. The largest absolute Gasteiger partial charge is 0.478 e. The van der Waals surface area contributed by atoms with Crippen LogP contribution in [0.4, 0.5) is 0 Å². The second-order valence-corrected chi connectivity index (χ2v) is 7.78. The highest BCUT2D eigenvalue weighted by atomic mass is 16.6. The Bertz CT molecular complexity index is 620. The van der Waals surface area contributed by atoms with E-state index >= 15 is 0 Å². The smallest absolute Gasteiger partial charge is 0.338 e. The van der Waals surface area contributed by atoms with Crippen LogP contribution in [0.15, 0.2) is 24.3 Å². The van der Waals surface area contributed by atoms with Gasteiger partial charge in [0.05, 0.1) is 36.0 Å². The van der Waals surface area contributed by atoms with Crippen molar-refractivity contribution in [1.29, 1.82) is 0 Å². The zero-order chi connectivity index (χ0) is 25.9. The molecule has 0 amide bonds. The van der Waals surface area contributed by atoms with Crippen LogP contribution in [-0.2, 0) is 9.47 Å².